The molecule has 0 heterocycles. The van der Waals surface area contributed by atoms with E-state index in [2.05, 4.69) is 39.7 Å². The van der Waals surface area contributed by atoms with Crippen molar-refractivity contribution in [1.82, 2.24) is 21.3 Å². The first-order valence-electron chi connectivity index (χ1n) is 14.9. The highest BCUT2D eigenvalue weighted by Crippen LogP contribution is 2.06. The topological polar surface area (TPSA) is 163 Å². The van der Waals surface area contributed by atoms with E-state index in [0.29, 0.717) is 64.1 Å². The highest BCUT2D eigenvalue weighted by atomic mass is 16.4. The summed E-state index contributed by atoms with van der Waals surface area (Å²) < 4.78 is 0. The Balaban J connectivity index is 2.32. The smallest absolute Gasteiger partial charge is 0.423 e. The van der Waals surface area contributed by atoms with Crippen LogP contribution in [0.3, 0.4) is 0 Å². The molecule has 10 nitrogen and oxygen atoms in total. The average Bonchev–Trinajstić information content (AvgIpc) is 3.04. The number of hydrogen-bond acceptors (Lipinski definition) is 8. The molecule has 0 atom stereocenters. The molecule has 12 heteroatoms. The van der Waals surface area contributed by atoms with Crippen LogP contribution in [0.2, 0.25) is 0 Å². The van der Waals surface area contributed by atoms with Crippen molar-refractivity contribution in [2.45, 2.75) is 40.3 Å². The normalized spacial score (nSPS) is 11.8. The van der Waals surface area contributed by atoms with Crippen LogP contribution in [0.1, 0.15) is 38.3 Å². The standard InChI is InChI=1S/C34H42B2N4O6/c1-5-7-15-29(39-23-27-13-8-10-16-31(27)35(43)44)18-19-30(40-24-28-14-9-11-17-32(28)36(45)46)22-26(6-2)34(42)38-21-12-20-37-33(41)25(3)4/h5-11,13-17,22,39-40,43-46H,3,12,20-21,23-24H2,1-2,4H3,(H,37,41)(H,38,42)/b7-5-,26-6+,29-15-,30-22-. The fraction of sp³-hybridized carbons (Fsp3) is 0.235. The molecule has 2 aromatic carbocycles. The van der Waals surface area contributed by atoms with E-state index >= 15 is 0 Å². The van der Waals surface area contributed by atoms with Crippen molar-refractivity contribution in [2.75, 3.05) is 13.1 Å². The molecule has 0 aliphatic rings. The van der Waals surface area contributed by atoms with E-state index in [1.54, 1.807) is 80.6 Å². The zero-order valence-corrected chi connectivity index (χ0v) is 26.5. The number of amides is 2. The van der Waals surface area contributed by atoms with E-state index in [4.69, 9.17) is 0 Å². The molecule has 0 aliphatic heterocycles. The fourth-order valence-corrected chi connectivity index (χ4v) is 4.06. The molecule has 0 saturated carbocycles. The first-order valence-corrected chi connectivity index (χ1v) is 14.9. The van der Waals surface area contributed by atoms with E-state index in [9.17, 15) is 29.7 Å². The third kappa shape index (κ3) is 13.1. The maximum absolute atomic E-state index is 13.0. The van der Waals surface area contributed by atoms with Crippen LogP contribution in [-0.4, -0.2) is 59.2 Å². The number of carbonyl (C=O) groups is 2. The summed E-state index contributed by atoms with van der Waals surface area (Å²) in [5, 5.41) is 51.1. The van der Waals surface area contributed by atoms with Gasteiger partial charge in [-0.25, -0.2) is 0 Å². The third-order valence-electron chi connectivity index (χ3n) is 6.58. The second-order valence-corrected chi connectivity index (χ2v) is 10.2. The van der Waals surface area contributed by atoms with Gasteiger partial charge in [-0.1, -0.05) is 73.3 Å². The van der Waals surface area contributed by atoms with Crippen molar-refractivity contribution in [2.24, 2.45) is 0 Å². The van der Waals surface area contributed by atoms with Crippen LogP contribution in [0.25, 0.3) is 0 Å². The Morgan fingerprint density at radius 3 is 1.78 bits per heavy atom. The van der Waals surface area contributed by atoms with Crippen molar-refractivity contribution < 1.29 is 29.7 Å². The lowest BCUT2D eigenvalue weighted by molar-refractivity contribution is -0.117. The van der Waals surface area contributed by atoms with Crippen LogP contribution in [0.15, 0.2) is 108 Å². The van der Waals surface area contributed by atoms with Gasteiger partial charge >= 0.3 is 14.2 Å². The van der Waals surface area contributed by atoms with Crippen molar-refractivity contribution in [1.29, 1.82) is 0 Å². The lowest BCUT2D eigenvalue weighted by Gasteiger charge is -2.12. The summed E-state index contributed by atoms with van der Waals surface area (Å²) in [5.74, 6) is 5.59. The first-order chi connectivity index (χ1) is 22.1. The third-order valence-corrected chi connectivity index (χ3v) is 6.58. The molecule has 46 heavy (non-hydrogen) atoms. The summed E-state index contributed by atoms with van der Waals surface area (Å²) in [5.41, 5.74) is 3.71. The van der Waals surface area contributed by atoms with Crippen molar-refractivity contribution in [3.63, 3.8) is 0 Å². The van der Waals surface area contributed by atoms with Gasteiger partial charge in [0.15, 0.2) is 0 Å². The molecule has 0 fully saturated rings. The minimum Gasteiger partial charge on any atom is -0.423 e. The Kier molecular flexibility index (Phi) is 16.5. The number of rotatable bonds is 16. The van der Waals surface area contributed by atoms with Crippen molar-refractivity contribution in [3.05, 3.63) is 119 Å². The van der Waals surface area contributed by atoms with Gasteiger partial charge in [-0.2, -0.15) is 0 Å². The molecule has 240 valence electrons. The van der Waals surface area contributed by atoms with Gasteiger partial charge in [0.1, 0.15) is 0 Å². The SMILES string of the molecule is C=C(C)C(=O)NCCCNC(=O)C(/C=C(/C#C/C(=C/C=C\C)NCc1ccccc1B(O)O)NCc1ccccc1B(O)O)=C/C. The van der Waals surface area contributed by atoms with Crippen LogP contribution >= 0.6 is 0 Å². The van der Waals surface area contributed by atoms with E-state index < -0.39 is 14.2 Å². The van der Waals surface area contributed by atoms with Crippen LogP contribution in [-0.2, 0) is 22.7 Å². The zero-order valence-electron chi connectivity index (χ0n) is 26.5. The van der Waals surface area contributed by atoms with Crippen LogP contribution < -0.4 is 32.2 Å². The van der Waals surface area contributed by atoms with Gasteiger partial charge in [-0.05, 0) is 73.2 Å². The van der Waals surface area contributed by atoms with Gasteiger partial charge in [0.25, 0.3) is 5.91 Å². The van der Waals surface area contributed by atoms with Crippen LogP contribution in [0.4, 0.5) is 0 Å². The van der Waals surface area contributed by atoms with Gasteiger partial charge in [-0.15, -0.1) is 0 Å². The lowest BCUT2D eigenvalue weighted by atomic mass is 9.77. The molecule has 0 bridgehead atoms. The highest BCUT2D eigenvalue weighted by molar-refractivity contribution is 6.59. The molecule has 0 unspecified atom stereocenters. The van der Waals surface area contributed by atoms with E-state index in [-0.39, 0.29) is 24.9 Å². The largest absolute Gasteiger partial charge is 0.488 e. The molecular formula is C34H42B2N4O6. The predicted octanol–water partition coefficient (Wildman–Crippen LogP) is 0.418. The molecule has 0 spiro atoms. The summed E-state index contributed by atoms with van der Waals surface area (Å²) in [7, 11) is -3.28. The molecular weight excluding hydrogens is 582 g/mol. The molecule has 2 amide bonds. The fourth-order valence-electron chi connectivity index (χ4n) is 4.06. The van der Waals surface area contributed by atoms with Crippen molar-refractivity contribution >= 4 is 37.0 Å². The van der Waals surface area contributed by atoms with E-state index in [0.717, 1.165) is 0 Å². The Hall–Kier alpha value is -4.79. The van der Waals surface area contributed by atoms with Gasteiger partial charge in [0, 0.05) is 37.3 Å². The molecule has 0 saturated heterocycles. The monoisotopic (exact) mass is 624 g/mol. The maximum Gasteiger partial charge on any atom is 0.488 e. The Morgan fingerprint density at radius 2 is 1.28 bits per heavy atom. The molecule has 0 aromatic heterocycles. The molecule has 0 radical (unpaired) electrons. The second-order valence-electron chi connectivity index (χ2n) is 10.2. The summed E-state index contributed by atoms with van der Waals surface area (Å²) in [6, 6.07) is 13.8. The molecule has 8 N–H and O–H groups in total. The summed E-state index contributed by atoms with van der Waals surface area (Å²) >= 11 is 0. The second kappa shape index (κ2) is 20.3. The van der Waals surface area contributed by atoms with E-state index in [1.807, 2.05) is 19.1 Å². The average molecular weight is 624 g/mol. The van der Waals surface area contributed by atoms with E-state index in [1.165, 1.54) is 0 Å². The number of hydrogen-bond donors (Lipinski definition) is 8. The number of allylic oxidation sites excluding steroid dienone is 6. The van der Waals surface area contributed by atoms with Crippen LogP contribution in [0.5, 0.6) is 0 Å². The molecule has 2 rings (SSSR count). The van der Waals surface area contributed by atoms with Gasteiger partial charge in [0.2, 0.25) is 5.91 Å². The first kappa shape index (κ1) is 37.4. The maximum atomic E-state index is 13.0. The van der Waals surface area contributed by atoms with Crippen LogP contribution in [0, 0.1) is 11.8 Å². The number of carbonyl (C=O) groups excluding carboxylic acids is 2. The number of benzene rings is 2. The molecule has 0 aliphatic carbocycles. The van der Waals surface area contributed by atoms with Crippen molar-refractivity contribution in [3.8, 4) is 11.8 Å². The Bertz CT molecular complexity index is 1540. The van der Waals surface area contributed by atoms with Gasteiger partial charge in [0.05, 0.1) is 11.4 Å². The summed E-state index contributed by atoms with van der Waals surface area (Å²) in [6.45, 7) is 10.0. The molecule has 2 aromatic rings. The highest BCUT2D eigenvalue weighted by Gasteiger charge is 2.16. The number of nitrogens with one attached hydrogen (secondary N) is 4. The summed E-state index contributed by atoms with van der Waals surface area (Å²) in [6.07, 6.45) is 9.21. The van der Waals surface area contributed by atoms with Gasteiger partial charge in [-0.3, -0.25) is 9.59 Å². The minimum atomic E-state index is -1.66. The Morgan fingerprint density at radius 1 is 0.783 bits per heavy atom. The minimum absolute atomic E-state index is 0.193. The Labute approximate surface area is 272 Å². The quantitative estimate of drug-likeness (QED) is 0.0438. The summed E-state index contributed by atoms with van der Waals surface area (Å²) in [4.78, 5) is 24.7. The lowest BCUT2D eigenvalue weighted by Crippen LogP contribution is -2.34. The predicted molar refractivity (Wildman–Crippen MR) is 184 cm³/mol. The zero-order chi connectivity index (χ0) is 33.9. The van der Waals surface area contributed by atoms with Gasteiger partial charge < -0.3 is 41.4 Å².